The van der Waals surface area contributed by atoms with Gasteiger partial charge < -0.3 is 19.9 Å². The molecule has 0 unspecified atom stereocenters. The Bertz CT molecular complexity index is 679. The van der Waals surface area contributed by atoms with Gasteiger partial charge in [0.15, 0.2) is 17.3 Å². The summed E-state index contributed by atoms with van der Waals surface area (Å²) in [5, 5.41) is 0. The minimum atomic E-state index is -0.160. The van der Waals surface area contributed by atoms with Crippen molar-refractivity contribution < 1.29 is 19.0 Å². The van der Waals surface area contributed by atoms with Gasteiger partial charge in [0.1, 0.15) is 19.0 Å². The second-order valence-corrected chi connectivity index (χ2v) is 4.64. The highest BCUT2D eigenvalue weighted by atomic mass is 16.6. The van der Waals surface area contributed by atoms with Gasteiger partial charge in [-0.3, -0.25) is 4.79 Å². The molecule has 3 rings (SSSR count). The zero-order valence-electron chi connectivity index (χ0n) is 11.6. The topological polar surface area (TPSA) is 70.8 Å². The number of hydrogen-bond acceptors (Lipinski definition) is 5. The first-order valence-corrected chi connectivity index (χ1v) is 6.57. The first kappa shape index (κ1) is 13.3. The zero-order valence-corrected chi connectivity index (χ0v) is 11.6. The van der Waals surface area contributed by atoms with Crippen molar-refractivity contribution in [2.24, 2.45) is 0 Å². The monoisotopic (exact) mass is 285 g/mol. The van der Waals surface area contributed by atoms with E-state index in [1.54, 1.807) is 43.5 Å². The van der Waals surface area contributed by atoms with Gasteiger partial charge in [-0.05, 0) is 30.3 Å². The lowest BCUT2D eigenvalue weighted by Crippen LogP contribution is -2.16. The molecule has 108 valence electrons. The van der Waals surface area contributed by atoms with E-state index >= 15 is 0 Å². The zero-order chi connectivity index (χ0) is 14.8. The smallest absolute Gasteiger partial charge is 0.195 e. The molecule has 1 aliphatic heterocycles. The number of fused-ring (bicyclic) bond motifs is 1. The Morgan fingerprint density at radius 1 is 1.10 bits per heavy atom. The highest BCUT2D eigenvalue weighted by Crippen LogP contribution is 2.35. The number of nitrogens with two attached hydrogens (primary N) is 1. The summed E-state index contributed by atoms with van der Waals surface area (Å²) in [4.78, 5) is 12.5. The number of carbonyl (C=O) groups is 1. The third-order valence-electron chi connectivity index (χ3n) is 3.31. The molecule has 0 saturated carbocycles. The molecular weight excluding hydrogens is 270 g/mol. The maximum Gasteiger partial charge on any atom is 0.195 e. The summed E-state index contributed by atoms with van der Waals surface area (Å²) in [5.74, 6) is 1.66. The number of benzene rings is 2. The molecule has 2 N–H and O–H groups in total. The summed E-state index contributed by atoms with van der Waals surface area (Å²) in [7, 11) is 1.58. The van der Waals surface area contributed by atoms with Crippen LogP contribution < -0.4 is 19.9 Å². The van der Waals surface area contributed by atoms with Crippen LogP contribution in [0.25, 0.3) is 0 Å². The van der Waals surface area contributed by atoms with Crippen LogP contribution in [-0.4, -0.2) is 26.1 Å². The van der Waals surface area contributed by atoms with Crippen molar-refractivity contribution in [1.29, 1.82) is 0 Å². The van der Waals surface area contributed by atoms with Crippen molar-refractivity contribution in [1.82, 2.24) is 0 Å². The molecule has 0 aliphatic carbocycles. The van der Waals surface area contributed by atoms with E-state index in [9.17, 15) is 4.79 Å². The van der Waals surface area contributed by atoms with Crippen molar-refractivity contribution in [3.63, 3.8) is 0 Å². The van der Waals surface area contributed by atoms with Crippen molar-refractivity contribution in [3.05, 3.63) is 47.5 Å². The number of methoxy groups -OCH3 is 1. The number of carbonyl (C=O) groups excluding carboxylic acids is 1. The van der Waals surface area contributed by atoms with Crippen LogP contribution >= 0.6 is 0 Å². The fourth-order valence-corrected chi connectivity index (χ4v) is 2.20. The predicted molar refractivity (Wildman–Crippen MR) is 78.3 cm³/mol. The van der Waals surface area contributed by atoms with E-state index in [0.717, 1.165) is 0 Å². The largest absolute Gasteiger partial charge is 0.497 e. The van der Waals surface area contributed by atoms with E-state index in [-0.39, 0.29) is 5.78 Å². The average Bonchev–Trinajstić information content (AvgIpc) is 2.53. The maximum atomic E-state index is 12.5. The van der Waals surface area contributed by atoms with Crippen LogP contribution in [0, 0.1) is 0 Å². The Morgan fingerprint density at radius 3 is 2.33 bits per heavy atom. The Morgan fingerprint density at radius 2 is 1.71 bits per heavy atom. The van der Waals surface area contributed by atoms with Gasteiger partial charge >= 0.3 is 0 Å². The molecule has 0 bridgehead atoms. The van der Waals surface area contributed by atoms with E-state index in [0.29, 0.717) is 47.3 Å². The van der Waals surface area contributed by atoms with Gasteiger partial charge in [0.05, 0.1) is 7.11 Å². The molecule has 0 radical (unpaired) electrons. The van der Waals surface area contributed by atoms with Crippen molar-refractivity contribution in [2.75, 3.05) is 26.1 Å². The van der Waals surface area contributed by atoms with E-state index < -0.39 is 0 Å². The van der Waals surface area contributed by atoms with E-state index in [1.165, 1.54) is 0 Å². The van der Waals surface area contributed by atoms with E-state index in [2.05, 4.69) is 0 Å². The molecule has 0 amide bonds. The van der Waals surface area contributed by atoms with Gasteiger partial charge in [-0.25, -0.2) is 0 Å². The van der Waals surface area contributed by atoms with Crippen LogP contribution in [-0.2, 0) is 0 Å². The molecule has 21 heavy (non-hydrogen) atoms. The molecule has 2 aromatic carbocycles. The van der Waals surface area contributed by atoms with Crippen LogP contribution in [0.4, 0.5) is 5.69 Å². The van der Waals surface area contributed by atoms with Crippen LogP contribution in [0.1, 0.15) is 15.9 Å². The first-order chi connectivity index (χ1) is 10.2. The van der Waals surface area contributed by atoms with Crippen LogP contribution in [0.5, 0.6) is 17.2 Å². The number of anilines is 1. The lowest BCUT2D eigenvalue weighted by Gasteiger charge is -2.19. The highest BCUT2D eigenvalue weighted by molar-refractivity contribution is 6.12. The molecule has 5 heteroatoms. The van der Waals surface area contributed by atoms with Crippen molar-refractivity contribution in [2.45, 2.75) is 0 Å². The van der Waals surface area contributed by atoms with Gasteiger partial charge in [0.2, 0.25) is 0 Å². The predicted octanol–water partition coefficient (Wildman–Crippen LogP) is 2.28. The summed E-state index contributed by atoms with van der Waals surface area (Å²) in [6.45, 7) is 0.950. The Hall–Kier alpha value is -2.69. The van der Waals surface area contributed by atoms with Crippen LogP contribution in [0.3, 0.4) is 0 Å². The van der Waals surface area contributed by atoms with Crippen LogP contribution in [0.15, 0.2) is 36.4 Å². The molecule has 0 aromatic heterocycles. The minimum absolute atomic E-state index is 0.160. The van der Waals surface area contributed by atoms with Gasteiger partial charge in [-0.1, -0.05) is 0 Å². The fraction of sp³-hybridized carbons (Fsp3) is 0.188. The van der Waals surface area contributed by atoms with Gasteiger partial charge in [0.25, 0.3) is 0 Å². The quantitative estimate of drug-likeness (QED) is 0.692. The normalized spacial score (nSPS) is 12.8. The standard InChI is InChI=1S/C16H15NO4/c1-19-11-4-2-10(3-5-11)16(18)12-8-14-15(9-13(12)17)21-7-6-20-14/h2-5,8-9H,6-7,17H2,1H3. The third kappa shape index (κ3) is 2.50. The molecule has 0 fully saturated rings. The molecule has 0 spiro atoms. The fourth-order valence-electron chi connectivity index (χ4n) is 2.20. The summed E-state index contributed by atoms with van der Waals surface area (Å²) >= 11 is 0. The molecule has 1 aliphatic rings. The number of ketones is 1. The van der Waals surface area contributed by atoms with Crippen LogP contribution in [0.2, 0.25) is 0 Å². The van der Waals surface area contributed by atoms with E-state index in [4.69, 9.17) is 19.9 Å². The Balaban J connectivity index is 1.96. The lowest BCUT2D eigenvalue weighted by molar-refractivity contribution is 0.103. The molecule has 1 heterocycles. The Kier molecular flexibility index (Phi) is 3.39. The first-order valence-electron chi connectivity index (χ1n) is 6.57. The summed E-state index contributed by atoms with van der Waals surface area (Å²) < 4.78 is 16.0. The number of hydrogen-bond donors (Lipinski definition) is 1. The second kappa shape index (κ2) is 5.36. The summed E-state index contributed by atoms with van der Waals surface area (Å²) in [6.07, 6.45) is 0. The SMILES string of the molecule is COc1ccc(C(=O)c2cc3c(cc2N)OCCO3)cc1. The van der Waals surface area contributed by atoms with Gasteiger partial charge in [-0.2, -0.15) is 0 Å². The maximum absolute atomic E-state index is 12.5. The van der Waals surface area contributed by atoms with Crippen molar-refractivity contribution >= 4 is 11.5 Å². The van der Waals surface area contributed by atoms with Gasteiger partial charge in [0, 0.05) is 22.9 Å². The number of ether oxygens (including phenoxy) is 3. The highest BCUT2D eigenvalue weighted by Gasteiger charge is 2.19. The van der Waals surface area contributed by atoms with Crippen molar-refractivity contribution in [3.8, 4) is 17.2 Å². The van der Waals surface area contributed by atoms with Gasteiger partial charge in [-0.15, -0.1) is 0 Å². The minimum Gasteiger partial charge on any atom is -0.497 e. The van der Waals surface area contributed by atoms with E-state index in [1.807, 2.05) is 0 Å². The second-order valence-electron chi connectivity index (χ2n) is 4.64. The lowest BCUT2D eigenvalue weighted by atomic mass is 10.0. The molecule has 0 saturated heterocycles. The molecule has 0 atom stereocenters. The summed E-state index contributed by atoms with van der Waals surface area (Å²) in [5.41, 5.74) is 7.28. The average molecular weight is 285 g/mol. The summed E-state index contributed by atoms with van der Waals surface area (Å²) in [6, 6.07) is 10.2. The molecular formula is C16H15NO4. The number of rotatable bonds is 3. The Labute approximate surface area is 122 Å². The molecule has 5 nitrogen and oxygen atoms in total. The third-order valence-corrected chi connectivity index (χ3v) is 3.31. The molecule has 2 aromatic rings. The number of nitrogen functional groups attached to an aromatic ring is 1.